The summed E-state index contributed by atoms with van der Waals surface area (Å²) >= 11 is 0. The highest BCUT2D eigenvalue weighted by molar-refractivity contribution is 6.51. The fourth-order valence-corrected chi connectivity index (χ4v) is 4.30. The Morgan fingerprint density at radius 1 is 1.09 bits per heavy atom. The number of anilines is 1. The highest BCUT2D eigenvalue weighted by Gasteiger charge is 2.48. The number of Topliss-reactive ketones (excluding diaryl/α,β-unsaturated/α-hetero) is 1. The summed E-state index contributed by atoms with van der Waals surface area (Å²) in [5.74, 6) is 0.681. The number of nitrogens with zero attached hydrogens (tertiary/aromatic N) is 1. The monoisotopic (exact) mass is 475 g/mol. The van der Waals surface area contributed by atoms with E-state index in [2.05, 4.69) is 0 Å². The molecule has 0 spiro atoms. The van der Waals surface area contributed by atoms with Crippen LogP contribution in [0, 0.1) is 6.92 Å². The summed E-state index contributed by atoms with van der Waals surface area (Å²) in [5, 5.41) is 11.4. The van der Waals surface area contributed by atoms with E-state index in [0.717, 1.165) is 11.3 Å². The van der Waals surface area contributed by atoms with E-state index >= 15 is 0 Å². The Morgan fingerprint density at radius 2 is 1.80 bits per heavy atom. The van der Waals surface area contributed by atoms with Gasteiger partial charge >= 0.3 is 0 Å². The Bertz CT molecular complexity index is 1290. The summed E-state index contributed by atoms with van der Waals surface area (Å²) in [6, 6.07) is 14.6. The minimum Gasteiger partial charge on any atom is -0.507 e. The second kappa shape index (κ2) is 9.70. The van der Waals surface area contributed by atoms with Crippen molar-refractivity contribution in [1.29, 1.82) is 0 Å². The van der Waals surface area contributed by atoms with E-state index < -0.39 is 17.7 Å². The number of rotatable bonds is 7. The van der Waals surface area contributed by atoms with E-state index in [1.54, 1.807) is 68.6 Å². The molecule has 0 bridgehead atoms. The van der Waals surface area contributed by atoms with Crippen molar-refractivity contribution in [3.05, 3.63) is 82.8 Å². The smallest absolute Gasteiger partial charge is 0.300 e. The fourth-order valence-electron chi connectivity index (χ4n) is 4.30. The Hall–Kier alpha value is -4.00. The fraction of sp³-hybridized carbons (Fsp3) is 0.286. The number of carbonyl (C=O) groups is 2. The average molecular weight is 476 g/mol. The van der Waals surface area contributed by atoms with Gasteiger partial charge in [-0.3, -0.25) is 14.5 Å². The molecule has 1 saturated heterocycles. The highest BCUT2D eigenvalue weighted by atomic mass is 16.5. The van der Waals surface area contributed by atoms with Crippen molar-refractivity contribution in [3.8, 4) is 11.5 Å². The first-order valence-corrected chi connectivity index (χ1v) is 11.5. The second-order valence-corrected chi connectivity index (χ2v) is 8.66. The molecule has 1 fully saturated rings. The molecule has 7 nitrogen and oxygen atoms in total. The lowest BCUT2D eigenvalue weighted by atomic mass is 9.95. The Labute approximate surface area is 204 Å². The van der Waals surface area contributed by atoms with Crippen LogP contribution >= 0.6 is 0 Å². The molecule has 1 amide bonds. The van der Waals surface area contributed by atoms with Gasteiger partial charge in [0.1, 0.15) is 34.8 Å². The van der Waals surface area contributed by atoms with E-state index in [1.165, 1.54) is 4.90 Å². The molecular weight excluding hydrogens is 446 g/mol. The van der Waals surface area contributed by atoms with Gasteiger partial charge in [0.15, 0.2) is 0 Å². The number of furan rings is 1. The molecule has 1 aromatic heterocycles. The van der Waals surface area contributed by atoms with Gasteiger partial charge in [-0.15, -0.1) is 0 Å². The maximum atomic E-state index is 13.3. The van der Waals surface area contributed by atoms with E-state index in [0.29, 0.717) is 35.1 Å². The lowest BCUT2D eigenvalue weighted by Gasteiger charge is -2.23. The van der Waals surface area contributed by atoms with Crippen molar-refractivity contribution in [3.63, 3.8) is 0 Å². The maximum absolute atomic E-state index is 13.3. The molecule has 1 aliphatic heterocycles. The van der Waals surface area contributed by atoms with Gasteiger partial charge in [-0.1, -0.05) is 13.8 Å². The zero-order valence-electron chi connectivity index (χ0n) is 20.5. The molecule has 0 radical (unpaired) electrons. The topological polar surface area (TPSA) is 89.2 Å². The first-order valence-electron chi connectivity index (χ1n) is 11.5. The van der Waals surface area contributed by atoms with Crippen molar-refractivity contribution in [2.24, 2.45) is 0 Å². The van der Waals surface area contributed by atoms with Crippen LogP contribution in [-0.2, 0) is 9.59 Å². The third-order valence-corrected chi connectivity index (χ3v) is 6.03. The van der Waals surface area contributed by atoms with Crippen molar-refractivity contribution >= 4 is 23.1 Å². The number of hydrogen-bond donors (Lipinski definition) is 1. The molecule has 1 unspecified atom stereocenters. The Morgan fingerprint density at radius 3 is 2.37 bits per heavy atom. The number of hydrogen-bond acceptors (Lipinski definition) is 6. The van der Waals surface area contributed by atoms with E-state index in [1.807, 2.05) is 20.8 Å². The zero-order chi connectivity index (χ0) is 25.3. The van der Waals surface area contributed by atoms with Crippen molar-refractivity contribution in [1.82, 2.24) is 0 Å². The summed E-state index contributed by atoms with van der Waals surface area (Å²) in [6.07, 6.45) is 0. The van der Waals surface area contributed by atoms with E-state index in [4.69, 9.17) is 13.9 Å². The third-order valence-electron chi connectivity index (χ3n) is 6.03. The van der Waals surface area contributed by atoms with Crippen LogP contribution in [0.2, 0.25) is 0 Å². The van der Waals surface area contributed by atoms with Crippen molar-refractivity contribution in [2.75, 3.05) is 18.6 Å². The van der Waals surface area contributed by atoms with Crippen LogP contribution in [-0.4, -0.2) is 30.5 Å². The van der Waals surface area contributed by atoms with E-state index in [-0.39, 0.29) is 17.3 Å². The molecule has 182 valence electrons. The number of benzene rings is 2. The molecule has 1 atom stereocenters. The Kier molecular flexibility index (Phi) is 6.69. The average Bonchev–Trinajstić information content (AvgIpc) is 3.39. The number of amides is 1. The van der Waals surface area contributed by atoms with Crippen LogP contribution in [0.4, 0.5) is 5.69 Å². The van der Waals surface area contributed by atoms with E-state index in [9.17, 15) is 14.7 Å². The number of ether oxygens (including phenoxy) is 2. The summed E-state index contributed by atoms with van der Waals surface area (Å²) in [6.45, 7) is 8.25. The van der Waals surface area contributed by atoms with Gasteiger partial charge in [0.2, 0.25) is 0 Å². The first-order chi connectivity index (χ1) is 16.8. The summed E-state index contributed by atoms with van der Waals surface area (Å²) < 4.78 is 16.8. The van der Waals surface area contributed by atoms with Gasteiger partial charge in [-0.05, 0) is 79.9 Å². The minimum absolute atomic E-state index is 0.0287. The highest BCUT2D eigenvalue weighted by Crippen LogP contribution is 2.43. The number of ketones is 1. The van der Waals surface area contributed by atoms with Crippen LogP contribution < -0.4 is 14.4 Å². The van der Waals surface area contributed by atoms with Crippen molar-refractivity contribution in [2.45, 2.75) is 39.7 Å². The first kappa shape index (κ1) is 24.1. The van der Waals surface area contributed by atoms with Crippen LogP contribution in [0.15, 0.2) is 64.6 Å². The summed E-state index contributed by atoms with van der Waals surface area (Å²) in [5.41, 5.74) is 1.78. The molecule has 0 aliphatic carbocycles. The van der Waals surface area contributed by atoms with Crippen molar-refractivity contribution < 1.29 is 28.6 Å². The molecule has 35 heavy (non-hydrogen) atoms. The lowest BCUT2D eigenvalue weighted by Crippen LogP contribution is -2.29. The molecule has 4 rings (SSSR count). The normalized spacial score (nSPS) is 17.3. The third kappa shape index (κ3) is 4.41. The molecule has 7 heteroatoms. The standard InChI is InChI=1S/C28H29NO6/c1-6-34-22-14-8-18(15-21(22)16(2)3)26(30)24-25(23-13-7-17(4)35-23)29(28(32)27(24)31)19-9-11-20(33-5)12-10-19/h7-16,25,30H,6H2,1-5H3/b26-24-. The zero-order valence-corrected chi connectivity index (χ0v) is 20.5. The molecular formula is C28H29NO6. The van der Waals surface area contributed by atoms with Gasteiger partial charge in [0.25, 0.3) is 11.7 Å². The van der Waals surface area contributed by atoms with Gasteiger partial charge in [-0.25, -0.2) is 0 Å². The molecule has 0 saturated carbocycles. The Balaban J connectivity index is 1.89. The quantitative estimate of drug-likeness (QED) is 0.266. The van der Waals surface area contributed by atoms with Gasteiger partial charge in [-0.2, -0.15) is 0 Å². The number of carbonyl (C=O) groups excluding carboxylic acids is 2. The molecule has 1 aliphatic rings. The SMILES string of the molecule is CCOc1ccc(/C(O)=C2/C(=O)C(=O)N(c3ccc(OC)cc3)C2c2ccc(C)o2)cc1C(C)C. The van der Waals surface area contributed by atoms with Gasteiger partial charge in [0.05, 0.1) is 19.3 Å². The van der Waals surface area contributed by atoms with Crippen LogP contribution in [0.5, 0.6) is 11.5 Å². The number of aliphatic hydroxyl groups is 1. The predicted molar refractivity (Wildman–Crippen MR) is 133 cm³/mol. The lowest BCUT2D eigenvalue weighted by molar-refractivity contribution is -0.132. The largest absolute Gasteiger partial charge is 0.507 e. The molecule has 2 aromatic carbocycles. The molecule has 3 aromatic rings. The summed E-state index contributed by atoms with van der Waals surface area (Å²) in [7, 11) is 1.55. The second-order valence-electron chi connectivity index (χ2n) is 8.66. The minimum atomic E-state index is -0.925. The maximum Gasteiger partial charge on any atom is 0.300 e. The van der Waals surface area contributed by atoms with Crippen LogP contribution in [0.1, 0.15) is 55.4 Å². The number of methoxy groups -OCH3 is 1. The summed E-state index contributed by atoms with van der Waals surface area (Å²) in [4.78, 5) is 27.9. The van der Waals surface area contributed by atoms with Gasteiger partial charge < -0.3 is 19.0 Å². The molecule has 1 N–H and O–H groups in total. The van der Waals surface area contributed by atoms with Crippen LogP contribution in [0.3, 0.4) is 0 Å². The predicted octanol–water partition coefficient (Wildman–Crippen LogP) is 5.75. The number of aliphatic hydroxyl groups excluding tert-OH is 1. The molecule has 2 heterocycles. The van der Waals surface area contributed by atoms with Crippen LogP contribution in [0.25, 0.3) is 5.76 Å². The van der Waals surface area contributed by atoms with Gasteiger partial charge in [0, 0.05) is 11.3 Å². The number of aryl methyl sites for hydroxylation is 1.